The van der Waals surface area contributed by atoms with E-state index in [2.05, 4.69) is 6.58 Å². The second-order valence-electron chi connectivity index (χ2n) is 6.09. The van der Waals surface area contributed by atoms with Crippen LogP contribution in [0.3, 0.4) is 0 Å². The van der Waals surface area contributed by atoms with Crippen LogP contribution >= 0.6 is 0 Å². The lowest BCUT2D eigenvalue weighted by Crippen LogP contribution is -2.27. The molecular weight excluding hydrogens is 228 g/mol. The number of allylic oxidation sites excluding steroid dienone is 1. The summed E-state index contributed by atoms with van der Waals surface area (Å²) in [6.45, 7) is 9.69. The van der Waals surface area contributed by atoms with Crippen LogP contribution in [-0.2, 0) is 14.3 Å². The van der Waals surface area contributed by atoms with Gasteiger partial charge in [-0.25, -0.2) is 0 Å². The summed E-state index contributed by atoms with van der Waals surface area (Å²) in [6, 6.07) is 0. The van der Waals surface area contributed by atoms with Crippen LogP contribution in [0.2, 0.25) is 0 Å². The summed E-state index contributed by atoms with van der Waals surface area (Å²) < 4.78 is 5.33. The third-order valence-corrected chi connectivity index (χ3v) is 3.37. The normalized spacial score (nSPS) is 24.7. The average molecular weight is 252 g/mol. The van der Waals surface area contributed by atoms with Gasteiger partial charge in [-0.05, 0) is 45.4 Å². The standard InChI is InChI=1S/C15H24O3/c1-11-12(8-9-16)6-5-7-13(11)10-14(17)18-15(2,3)4/h9,12-13H,1,5-8,10H2,2-4H3/t12?,13-/m0/s1. The van der Waals surface area contributed by atoms with Crippen molar-refractivity contribution in [2.24, 2.45) is 11.8 Å². The number of carbonyl (C=O) groups excluding carboxylic acids is 2. The summed E-state index contributed by atoms with van der Waals surface area (Å²) >= 11 is 0. The molecule has 2 atom stereocenters. The molecule has 0 heterocycles. The minimum atomic E-state index is -0.435. The Bertz CT molecular complexity index is 325. The maximum absolute atomic E-state index is 11.8. The van der Waals surface area contributed by atoms with Crippen molar-refractivity contribution in [3.8, 4) is 0 Å². The van der Waals surface area contributed by atoms with Gasteiger partial charge < -0.3 is 9.53 Å². The van der Waals surface area contributed by atoms with Crippen LogP contribution < -0.4 is 0 Å². The van der Waals surface area contributed by atoms with E-state index in [4.69, 9.17) is 4.74 Å². The van der Waals surface area contributed by atoms with Gasteiger partial charge >= 0.3 is 5.97 Å². The SMILES string of the molecule is C=C1C(CC=O)CCC[C@H]1CC(=O)OC(C)(C)C. The number of esters is 1. The van der Waals surface area contributed by atoms with Gasteiger partial charge in [0.1, 0.15) is 11.9 Å². The van der Waals surface area contributed by atoms with Gasteiger partial charge in [-0.3, -0.25) is 4.79 Å². The third kappa shape index (κ3) is 4.63. The third-order valence-electron chi connectivity index (χ3n) is 3.37. The van der Waals surface area contributed by atoms with Crippen molar-refractivity contribution < 1.29 is 14.3 Å². The molecule has 0 aromatic rings. The number of hydrogen-bond acceptors (Lipinski definition) is 3. The van der Waals surface area contributed by atoms with Gasteiger partial charge in [0, 0.05) is 6.42 Å². The summed E-state index contributed by atoms with van der Waals surface area (Å²) in [5, 5.41) is 0. The van der Waals surface area contributed by atoms with E-state index in [1.54, 1.807) is 0 Å². The van der Waals surface area contributed by atoms with Crippen LogP contribution in [-0.4, -0.2) is 17.9 Å². The Labute approximate surface area is 110 Å². The number of carbonyl (C=O) groups is 2. The van der Waals surface area contributed by atoms with Crippen LogP contribution in [0.1, 0.15) is 52.9 Å². The number of rotatable bonds is 4. The van der Waals surface area contributed by atoms with Gasteiger partial charge in [0.15, 0.2) is 0 Å². The predicted molar refractivity (Wildman–Crippen MR) is 71.1 cm³/mol. The van der Waals surface area contributed by atoms with Crippen LogP contribution in [0.25, 0.3) is 0 Å². The number of aldehydes is 1. The monoisotopic (exact) mass is 252 g/mol. The quantitative estimate of drug-likeness (QED) is 0.438. The van der Waals surface area contributed by atoms with E-state index in [0.717, 1.165) is 31.1 Å². The topological polar surface area (TPSA) is 43.4 Å². The molecule has 0 radical (unpaired) electrons. The molecule has 0 aromatic carbocycles. The maximum Gasteiger partial charge on any atom is 0.306 e. The summed E-state index contributed by atoms with van der Waals surface area (Å²) in [4.78, 5) is 22.4. The van der Waals surface area contributed by atoms with Crippen molar-refractivity contribution in [2.75, 3.05) is 0 Å². The fourth-order valence-corrected chi connectivity index (χ4v) is 2.52. The fourth-order valence-electron chi connectivity index (χ4n) is 2.52. The van der Waals surface area contributed by atoms with E-state index < -0.39 is 5.60 Å². The molecule has 0 bridgehead atoms. The molecule has 0 saturated heterocycles. The van der Waals surface area contributed by atoms with Gasteiger partial charge in [0.05, 0.1) is 6.42 Å². The smallest absolute Gasteiger partial charge is 0.306 e. The van der Waals surface area contributed by atoms with Gasteiger partial charge in [-0.15, -0.1) is 0 Å². The first kappa shape index (κ1) is 14.9. The molecule has 18 heavy (non-hydrogen) atoms. The molecule has 1 unspecified atom stereocenters. The highest BCUT2D eigenvalue weighted by Crippen LogP contribution is 2.36. The molecule has 1 fully saturated rings. The number of ether oxygens (including phenoxy) is 1. The van der Waals surface area contributed by atoms with E-state index in [1.165, 1.54) is 0 Å². The molecule has 1 aliphatic carbocycles. The first-order valence-electron chi connectivity index (χ1n) is 6.67. The Kier molecular flexibility index (Phi) is 5.12. The average Bonchev–Trinajstić information content (AvgIpc) is 2.21. The van der Waals surface area contributed by atoms with Crippen molar-refractivity contribution >= 4 is 12.3 Å². The predicted octanol–water partition coefficient (Wildman–Crippen LogP) is 3.28. The van der Waals surface area contributed by atoms with Gasteiger partial charge in [0.2, 0.25) is 0 Å². The molecule has 0 spiro atoms. The molecule has 1 aliphatic rings. The van der Waals surface area contributed by atoms with E-state index in [1.807, 2.05) is 20.8 Å². The first-order chi connectivity index (χ1) is 8.33. The van der Waals surface area contributed by atoms with Crippen molar-refractivity contribution in [1.29, 1.82) is 0 Å². The molecule has 0 aromatic heterocycles. The molecule has 3 heteroatoms. The van der Waals surface area contributed by atoms with E-state index in [0.29, 0.717) is 12.8 Å². The summed E-state index contributed by atoms with van der Waals surface area (Å²) in [5.41, 5.74) is 0.620. The minimum absolute atomic E-state index is 0.166. The second-order valence-corrected chi connectivity index (χ2v) is 6.09. The first-order valence-corrected chi connectivity index (χ1v) is 6.67. The molecule has 1 saturated carbocycles. The zero-order valence-corrected chi connectivity index (χ0v) is 11.7. The van der Waals surface area contributed by atoms with Crippen molar-refractivity contribution in [2.45, 2.75) is 58.5 Å². The lowest BCUT2D eigenvalue weighted by molar-refractivity contribution is -0.155. The second kappa shape index (κ2) is 6.17. The Balaban J connectivity index is 2.53. The van der Waals surface area contributed by atoms with Gasteiger partial charge in [-0.1, -0.05) is 18.6 Å². The van der Waals surface area contributed by atoms with E-state index >= 15 is 0 Å². The highest BCUT2D eigenvalue weighted by atomic mass is 16.6. The largest absolute Gasteiger partial charge is 0.460 e. The zero-order valence-electron chi connectivity index (χ0n) is 11.7. The molecule has 0 N–H and O–H groups in total. The van der Waals surface area contributed by atoms with Crippen molar-refractivity contribution in [3.63, 3.8) is 0 Å². The minimum Gasteiger partial charge on any atom is -0.460 e. The number of hydrogen-bond donors (Lipinski definition) is 0. The fraction of sp³-hybridized carbons (Fsp3) is 0.733. The van der Waals surface area contributed by atoms with Crippen LogP contribution in [0.5, 0.6) is 0 Å². The van der Waals surface area contributed by atoms with Gasteiger partial charge in [0.25, 0.3) is 0 Å². The molecule has 102 valence electrons. The zero-order chi connectivity index (χ0) is 13.8. The maximum atomic E-state index is 11.8. The lowest BCUT2D eigenvalue weighted by Gasteiger charge is -2.31. The van der Waals surface area contributed by atoms with Crippen LogP contribution in [0, 0.1) is 11.8 Å². The molecule has 1 rings (SSSR count). The molecule has 0 amide bonds. The Hall–Kier alpha value is -1.12. The Morgan fingerprint density at radius 1 is 1.39 bits per heavy atom. The van der Waals surface area contributed by atoms with Crippen molar-refractivity contribution in [3.05, 3.63) is 12.2 Å². The van der Waals surface area contributed by atoms with Crippen molar-refractivity contribution in [1.82, 2.24) is 0 Å². The molecule has 3 nitrogen and oxygen atoms in total. The highest BCUT2D eigenvalue weighted by molar-refractivity contribution is 5.70. The van der Waals surface area contributed by atoms with E-state index in [9.17, 15) is 9.59 Å². The molecule has 0 aliphatic heterocycles. The lowest BCUT2D eigenvalue weighted by atomic mass is 9.75. The van der Waals surface area contributed by atoms with Crippen LogP contribution in [0.4, 0.5) is 0 Å². The highest BCUT2D eigenvalue weighted by Gasteiger charge is 2.28. The summed E-state index contributed by atoms with van der Waals surface area (Å²) in [6.07, 6.45) is 4.93. The Morgan fingerprint density at radius 2 is 2.00 bits per heavy atom. The summed E-state index contributed by atoms with van der Waals surface area (Å²) in [5.74, 6) is 0.266. The summed E-state index contributed by atoms with van der Waals surface area (Å²) in [7, 11) is 0. The van der Waals surface area contributed by atoms with Gasteiger partial charge in [-0.2, -0.15) is 0 Å². The Morgan fingerprint density at radius 3 is 2.56 bits per heavy atom. The van der Waals surface area contributed by atoms with Crippen LogP contribution in [0.15, 0.2) is 12.2 Å². The molecular formula is C15H24O3. The van der Waals surface area contributed by atoms with E-state index in [-0.39, 0.29) is 17.8 Å².